The van der Waals surface area contributed by atoms with Gasteiger partial charge in [0.2, 0.25) is 10.0 Å². The van der Waals surface area contributed by atoms with Crippen LogP contribution in [0.2, 0.25) is 0 Å². The van der Waals surface area contributed by atoms with Gasteiger partial charge in [0.05, 0.1) is 0 Å². The lowest BCUT2D eigenvalue weighted by atomic mass is 10.2. The number of sulfonamides is 1. The van der Waals surface area contributed by atoms with Crippen molar-refractivity contribution in [2.75, 3.05) is 13.1 Å². The van der Waals surface area contributed by atoms with Gasteiger partial charge < -0.3 is 5.32 Å². The van der Waals surface area contributed by atoms with Crippen LogP contribution in [-0.4, -0.2) is 31.9 Å². The normalized spacial score (nSPS) is 12.1. The fourth-order valence-electron chi connectivity index (χ4n) is 1.96. The summed E-state index contributed by atoms with van der Waals surface area (Å²) in [6, 6.07) is 3.91. The summed E-state index contributed by atoms with van der Waals surface area (Å²) in [5.74, 6) is -0.732. The van der Waals surface area contributed by atoms with Crippen LogP contribution in [0.1, 0.15) is 26.3 Å². The second-order valence-electron chi connectivity index (χ2n) is 5.00. The molecule has 0 fully saturated rings. The van der Waals surface area contributed by atoms with Crippen molar-refractivity contribution < 1.29 is 12.8 Å². The smallest absolute Gasteiger partial charge is 0.246 e. The van der Waals surface area contributed by atoms with Gasteiger partial charge in [-0.2, -0.15) is 4.31 Å². The van der Waals surface area contributed by atoms with E-state index in [4.69, 9.17) is 0 Å². The fraction of sp³-hybridized carbons (Fsp3) is 0.467. The van der Waals surface area contributed by atoms with E-state index in [1.807, 2.05) is 6.92 Å². The molecule has 21 heavy (non-hydrogen) atoms. The van der Waals surface area contributed by atoms with Crippen LogP contribution in [-0.2, 0) is 16.6 Å². The lowest BCUT2D eigenvalue weighted by molar-refractivity contribution is 0.380. The minimum absolute atomic E-state index is 0.150. The highest BCUT2D eigenvalue weighted by Crippen LogP contribution is 2.22. The number of nitrogens with zero attached hydrogens (tertiary/aromatic N) is 1. The third-order valence-electron chi connectivity index (χ3n) is 3.05. The first kappa shape index (κ1) is 17.8. The first-order chi connectivity index (χ1) is 9.84. The molecule has 0 aliphatic carbocycles. The molecule has 0 aliphatic heterocycles. The summed E-state index contributed by atoms with van der Waals surface area (Å²) >= 11 is 0. The van der Waals surface area contributed by atoms with Gasteiger partial charge >= 0.3 is 0 Å². The number of rotatable bonds is 8. The first-order valence-electron chi connectivity index (χ1n) is 6.96. The minimum Gasteiger partial charge on any atom is -0.313 e. The Morgan fingerprint density at radius 3 is 2.62 bits per heavy atom. The van der Waals surface area contributed by atoms with E-state index in [1.165, 1.54) is 22.5 Å². The average molecular weight is 314 g/mol. The second-order valence-corrected chi connectivity index (χ2v) is 6.86. The summed E-state index contributed by atoms with van der Waals surface area (Å²) < 4.78 is 40.5. The Morgan fingerprint density at radius 2 is 2.10 bits per heavy atom. The standard InChI is InChI=1S/C15H23FN2O2S/c1-5-9-18(12(3)4)21(19,20)15-10-13(11-17-6-2)7-8-14(15)16/h5,7-8,10,12,17H,1,6,9,11H2,2-4H3. The van der Waals surface area contributed by atoms with Gasteiger partial charge in [-0.1, -0.05) is 19.1 Å². The van der Waals surface area contributed by atoms with Crippen LogP contribution in [0.4, 0.5) is 4.39 Å². The molecule has 118 valence electrons. The molecule has 0 unspecified atom stereocenters. The van der Waals surface area contributed by atoms with Gasteiger partial charge in [0.15, 0.2) is 0 Å². The van der Waals surface area contributed by atoms with Crippen LogP contribution in [0.15, 0.2) is 35.7 Å². The van der Waals surface area contributed by atoms with Gasteiger partial charge in [-0.25, -0.2) is 12.8 Å². The average Bonchev–Trinajstić information content (AvgIpc) is 2.43. The highest BCUT2D eigenvalue weighted by Gasteiger charge is 2.28. The quantitative estimate of drug-likeness (QED) is 0.750. The molecule has 0 radical (unpaired) electrons. The van der Waals surface area contributed by atoms with Crippen molar-refractivity contribution in [1.29, 1.82) is 0 Å². The summed E-state index contributed by atoms with van der Waals surface area (Å²) in [4.78, 5) is -0.284. The summed E-state index contributed by atoms with van der Waals surface area (Å²) in [7, 11) is -3.88. The Labute approximate surface area is 126 Å². The lowest BCUT2D eigenvalue weighted by Crippen LogP contribution is -2.37. The van der Waals surface area contributed by atoms with Crippen molar-refractivity contribution in [3.63, 3.8) is 0 Å². The van der Waals surface area contributed by atoms with Crippen molar-refractivity contribution in [2.45, 2.75) is 38.3 Å². The maximum absolute atomic E-state index is 14.0. The zero-order chi connectivity index (χ0) is 16.0. The third kappa shape index (κ3) is 4.36. The monoisotopic (exact) mass is 314 g/mol. The summed E-state index contributed by atoms with van der Waals surface area (Å²) in [5, 5.41) is 3.09. The van der Waals surface area contributed by atoms with Crippen molar-refractivity contribution in [3.8, 4) is 0 Å². The molecule has 0 spiro atoms. The highest BCUT2D eigenvalue weighted by atomic mass is 32.2. The number of nitrogens with one attached hydrogen (secondary N) is 1. The highest BCUT2D eigenvalue weighted by molar-refractivity contribution is 7.89. The van der Waals surface area contributed by atoms with Crippen LogP contribution >= 0.6 is 0 Å². The minimum atomic E-state index is -3.88. The van der Waals surface area contributed by atoms with E-state index in [9.17, 15) is 12.8 Å². The lowest BCUT2D eigenvalue weighted by Gasteiger charge is -2.25. The van der Waals surface area contributed by atoms with Gasteiger partial charge in [-0.3, -0.25) is 0 Å². The SMILES string of the molecule is C=CCN(C(C)C)S(=O)(=O)c1cc(CNCC)ccc1F. The van der Waals surface area contributed by atoms with Gasteiger partial charge in [0.1, 0.15) is 10.7 Å². The summed E-state index contributed by atoms with van der Waals surface area (Å²) in [6.07, 6.45) is 1.50. The molecule has 1 aromatic carbocycles. The fourth-order valence-corrected chi connectivity index (χ4v) is 3.69. The molecule has 4 nitrogen and oxygen atoms in total. The number of halogens is 1. The molecule has 0 saturated heterocycles. The molecule has 0 aromatic heterocycles. The predicted molar refractivity (Wildman–Crippen MR) is 83.0 cm³/mol. The van der Waals surface area contributed by atoms with Crippen molar-refractivity contribution in [3.05, 3.63) is 42.2 Å². The number of benzene rings is 1. The third-order valence-corrected chi connectivity index (χ3v) is 5.10. The van der Waals surface area contributed by atoms with E-state index in [0.29, 0.717) is 6.54 Å². The molecule has 0 bridgehead atoms. The Kier molecular flexibility index (Phi) is 6.51. The van der Waals surface area contributed by atoms with E-state index < -0.39 is 15.8 Å². The maximum atomic E-state index is 14.0. The molecule has 1 N–H and O–H groups in total. The van der Waals surface area contributed by atoms with Crippen molar-refractivity contribution in [2.24, 2.45) is 0 Å². The molecule has 0 saturated carbocycles. The van der Waals surface area contributed by atoms with E-state index in [0.717, 1.165) is 12.1 Å². The second kappa shape index (κ2) is 7.68. The molecule has 6 heteroatoms. The molecule has 1 rings (SSSR count). The molecule has 0 atom stereocenters. The zero-order valence-corrected chi connectivity index (χ0v) is 13.6. The number of hydrogen-bond donors (Lipinski definition) is 1. The first-order valence-corrected chi connectivity index (χ1v) is 8.40. The Morgan fingerprint density at radius 1 is 1.43 bits per heavy atom. The summed E-state index contributed by atoms with van der Waals surface area (Å²) in [5.41, 5.74) is 0.735. The van der Waals surface area contributed by atoms with Crippen molar-refractivity contribution in [1.82, 2.24) is 9.62 Å². The van der Waals surface area contributed by atoms with Crippen LogP contribution in [0, 0.1) is 5.82 Å². The number of hydrogen-bond acceptors (Lipinski definition) is 3. The maximum Gasteiger partial charge on any atom is 0.246 e. The largest absolute Gasteiger partial charge is 0.313 e. The van der Waals surface area contributed by atoms with E-state index in [1.54, 1.807) is 19.9 Å². The van der Waals surface area contributed by atoms with Crippen molar-refractivity contribution >= 4 is 10.0 Å². The van der Waals surface area contributed by atoms with Gasteiger partial charge in [-0.05, 0) is 38.1 Å². The van der Waals surface area contributed by atoms with E-state index >= 15 is 0 Å². The van der Waals surface area contributed by atoms with E-state index in [2.05, 4.69) is 11.9 Å². The Hall–Kier alpha value is -1.24. The zero-order valence-electron chi connectivity index (χ0n) is 12.8. The molecule has 0 aliphatic rings. The van der Waals surface area contributed by atoms with Crippen LogP contribution in [0.3, 0.4) is 0 Å². The summed E-state index contributed by atoms with van der Waals surface area (Å²) in [6.45, 7) is 10.4. The topological polar surface area (TPSA) is 49.4 Å². The van der Waals surface area contributed by atoms with Crippen LogP contribution in [0.5, 0.6) is 0 Å². The van der Waals surface area contributed by atoms with Gasteiger partial charge in [0, 0.05) is 19.1 Å². The molecular weight excluding hydrogens is 291 g/mol. The molecule has 0 heterocycles. The Balaban J connectivity index is 3.25. The molecular formula is C15H23FN2O2S. The Bertz CT molecular complexity index is 585. The van der Waals surface area contributed by atoms with Crippen LogP contribution < -0.4 is 5.32 Å². The molecule has 0 amide bonds. The van der Waals surface area contributed by atoms with Gasteiger partial charge in [0.25, 0.3) is 0 Å². The van der Waals surface area contributed by atoms with E-state index in [-0.39, 0.29) is 17.5 Å². The predicted octanol–water partition coefficient (Wildman–Crippen LogP) is 2.52. The molecule has 1 aromatic rings. The van der Waals surface area contributed by atoms with Gasteiger partial charge in [-0.15, -0.1) is 6.58 Å². The van der Waals surface area contributed by atoms with Crippen LogP contribution in [0.25, 0.3) is 0 Å².